The molecule has 0 saturated carbocycles. The zero-order valence-corrected chi connectivity index (χ0v) is 20.6. The largest absolute Gasteiger partial charge is 0.504 e. The van der Waals surface area contributed by atoms with Gasteiger partial charge in [-0.05, 0) is 55.5 Å². The molecule has 0 aliphatic carbocycles. The van der Waals surface area contributed by atoms with Crippen molar-refractivity contribution in [2.45, 2.75) is 12.1 Å². The number of methoxy groups -OCH3 is 1. The van der Waals surface area contributed by atoms with Gasteiger partial charge in [-0.2, -0.15) is 5.10 Å². The number of aromatic hydroxyl groups is 1. The molecule has 9 nitrogen and oxygen atoms in total. The zero-order chi connectivity index (χ0) is 25.3. The summed E-state index contributed by atoms with van der Waals surface area (Å²) in [5.41, 5.74) is 4.65. The highest BCUT2D eigenvalue weighted by molar-refractivity contribution is 7.99. The number of hydrogen-bond donors (Lipinski definition) is 2. The summed E-state index contributed by atoms with van der Waals surface area (Å²) >= 11 is 1.24. The van der Waals surface area contributed by atoms with Gasteiger partial charge in [-0.25, -0.2) is 5.43 Å². The molecule has 0 unspecified atom stereocenters. The van der Waals surface area contributed by atoms with Gasteiger partial charge in [0.2, 0.25) is 0 Å². The van der Waals surface area contributed by atoms with Crippen molar-refractivity contribution in [2.75, 3.05) is 19.5 Å². The van der Waals surface area contributed by atoms with Crippen LogP contribution < -0.4 is 14.9 Å². The highest BCUT2D eigenvalue weighted by Crippen LogP contribution is 2.30. The topological polar surface area (TPSA) is 111 Å². The molecule has 36 heavy (non-hydrogen) atoms. The summed E-state index contributed by atoms with van der Waals surface area (Å²) in [6, 6.07) is 22.3. The van der Waals surface area contributed by atoms with Crippen LogP contribution in [0, 0.1) is 0 Å². The Morgan fingerprint density at radius 3 is 2.58 bits per heavy atom. The van der Waals surface area contributed by atoms with Gasteiger partial charge in [0.25, 0.3) is 5.91 Å². The lowest BCUT2D eigenvalue weighted by atomic mass is 10.2. The number of aromatic nitrogens is 3. The number of carbonyl (C=O) groups excluding carboxylic acids is 1. The number of phenols is 1. The fraction of sp³-hybridized carbons (Fsp3) is 0.154. The molecule has 3 aromatic carbocycles. The van der Waals surface area contributed by atoms with Crippen LogP contribution >= 0.6 is 11.8 Å². The molecule has 1 heterocycles. The van der Waals surface area contributed by atoms with E-state index in [1.54, 1.807) is 25.3 Å². The Labute approximate surface area is 212 Å². The van der Waals surface area contributed by atoms with Crippen LogP contribution in [0.15, 0.2) is 83.1 Å². The average molecular weight is 504 g/mol. The minimum Gasteiger partial charge on any atom is -0.504 e. The Kier molecular flexibility index (Phi) is 8.20. The number of amides is 1. The molecule has 10 heteroatoms. The molecule has 0 bridgehead atoms. The van der Waals surface area contributed by atoms with Gasteiger partial charge >= 0.3 is 0 Å². The molecule has 2 N–H and O–H groups in total. The van der Waals surface area contributed by atoms with Gasteiger partial charge < -0.3 is 14.6 Å². The molecule has 4 aromatic rings. The van der Waals surface area contributed by atoms with Crippen LogP contribution in [-0.2, 0) is 4.79 Å². The van der Waals surface area contributed by atoms with Crippen molar-refractivity contribution in [3.05, 3.63) is 78.4 Å². The van der Waals surface area contributed by atoms with E-state index in [1.165, 1.54) is 18.0 Å². The highest BCUT2D eigenvalue weighted by atomic mass is 32.2. The van der Waals surface area contributed by atoms with Crippen molar-refractivity contribution >= 4 is 23.9 Å². The van der Waals surface area contributed by atoms with Gasteiger partial charge in [-0.1, -0.05) is 36.0 Å². The van der Waals surface area contributed by atoms with Crippen LogP contribution in [0.25, 0.3) is 17.1 Å². The Balaban J connectivity index is 1.47. The summed E-state index contributed by atoms with van der Waals surface area (Å²) in [5, 5.41) is 23.5. The number of ether oxygens (including phenoxy) is 2. The third-order valence-electron chi connectivity index (χ3n) is 5.05. The first-order chi connectivity index (χ1) is 17.6. The molecular weight excluding hydrogens is 478 g/mol. The summed E-state index contributed by atoms with van der Waals surface area (Å²) in [7, 11) is 1.62. The number of rotatable bonds is 10. The number of thioether (sulfide) groups is 1. The number of carbonyl (C=O) groups is 1. The van der Waals surface area contributed by atoms with E-state index >= 15 is 0 Å². The maximum atomic E-state index is 12.5. The van der Waals surface area contributed by atoms with E-state index in [0.717, 1.165) is 17.0 Å². The number of para-hydroxylation sites is 2. The number of nitrogens with zero attached hydrogens (tertiary/aromatic N) is 4. The third kappa shape index (κ3) is 5.84. The quantitative estimate of drug-likeness (QED) is 0.189. The second-order valence-electron chi connectivity index (χ2n) is 7.41. The van der Waals surface area contributed by atoms with Crippen molar-refractivity contribution in [3.63, 3.8) is 0 Å². The lowest BCUT2D eigenvalue weighted by Crippen LogP contribution is -2.20. The van der Waals surface area contributed by atoms with Gasteiger partial charge in [-0.3, -0.25) is 9.36 Å². The second kappa shape index (κ2) is 11.9. The predicted octanol–water partition coefficient (Wildman–Crippen LogP) is 4.29. The Hall–Kier alpha value is -4.31. The number of nitrogens with one attached hydrogen (secondary N) is 1. The minimum atomic E-state index is -0.328. The van der Waals surface area contributed by atoms with Gasteiger partial charge in [0, 0.05) is 16.8 Å². The zero-order valence-electron chi connectivity index (χ0n) is 19.8. The van der Waals surface area contributed by atoms with Crippen LogP contribution in [0.2, 0.25) is 0 Å². The summed E-state index contributed by atoms with van der Waals surface area (Å²) < 4.78 is 12.5. The van der Waals surface area contributed by atoms with E-state index in [0.29, 0.717) is 28.9 Å². The van der Waals surface area contributed by atoms with E-state index in [1.807, 2.05) is 66.1 Å². The molecule has 0 fully saturated rings. The van der Waals surface area contributed by atoms with Crippen LogP contribution in [0.4, 0.5) is 0 Å². The molecular formula is C26H25N5O4S. The minimum absolute atomic E-state index is 0.0336. The van der Waals surface area contributed by atoms with E-state index in [2.05, 4.69) is 20.7 Å². The van der Waals surface area contributed by atoms with Crippen LogP contribution in [0.3, 0.4) is 0 Å². The maximum Gasteiger partial charge on any atom is 0.250 e. The van der Waals surface area contributed by atoms with Crippen LogP contribution in [-0.4, -0.2) is 51.5 Å². The van der Waals surface area contributed by atoms with Crippen molar-refractivity contribution < 1.29 is 19.4 Å². The second-order valence-corrected chi connectivity index (χ2v) is 8.36. The normalized spacial score (nSPS) is 10.9. The summed E-state index contributed by atoms with van der Waals surface area (Å²) in [5.74, 6) is 1.45. The van der Waals surface area contributed by atoms with Gasteiger partial charge in [0.1, 0.15) is 5.75 Å². The number of hydrazone groups is 1. The standard InChI is InChI=1S/C26H25N5O4S/c1-3-35-22-11-7-8-19(24(22)33)16-27-28-23(32)17-36-26-30-29-25(18-12-14-21(34-2)15-13-18)31(26)20-9-5-4-6-10-20/h4-16,33H,3,17H2,1-2H3,(H,28,32)/b27-16-. The van der Waals surface area contributed by atoms with Crippen molar-refractivity contribution in [1.82, 2.24) is 20.2 Å². The molecule has 0 spiro atoms. The monoisotopic (exact) mass is 503 g/mol. The van der Waals surface area contributed by atoms with Gasteiger partial charge in [-0.15, -0.1) is 10.2 Å². The van der Waals surface area contributed by atoms with Crippen LogP contribution in [0.5, 0.6) is 17.2 Å². The van der Waals surface area contributed by atoms with E-state index in [9.17, 15) is 9.90 Å². The molecule has 4 rings (SSSR count). The summed E-state index contributed by atoms with van der Waals surface area (Å²) in [4.78, 5) is 12.5. The lowest BCUT2D eigenvalue weighted by molar-refractivity contribution is -0.118. The number of benzene rings is 3. The molecule has 1 aromatic heterocycles. The molecule has 0 atom stereocenters. The van der Waals surface area contributed by atoms with Gasteiger partial charge in [0.05, 0.1) is 25.7 Å². The van der Waals surface area contributed by atoms with Crippen molar-refractivity contribution in [3.8, 4) is 34.3 Å². The fourth-order valence-electron chi connectivity index (χ4n) is 3.35. The highest BCUT2D eigenvalue weighted by Gasteiger charge is 2.17. The first-order valence-corrected chi connectivity index (χ1v) is 12.1. The molecule has 0 aliphatic heterocycles. The predicted molar refractivity (Wildman–Crippen MR) is 139 cm³/mol. The van der Waals surface area contributed by atoms with Crippen LogP contribution in [0.1, 0.15) is 12.5 Å². The third-order valence-corrected chi connectivity index (χ3v) is 5.98. The number of phenolic OH excluding ortho intramolecular Hbond substituents is 1. The first kappa shape index (κ1) is 24.8. The molecule has 184 valence electrons. The smallest absolute Gasteiger partial charge is 0.250 e. The summed E-state index contributed by atoms with van der Waals surface area (Å²) in [6.07, 6.45) is 1.37. The number of hydrogen-bond acceptors (Lipinski definition) is 8. The van der Waals surface area contributed by atoms with E-state index in [-0.39, 0.29) is 17.4 Å². The molecule has 0 aliphatic rings. The molecule has 0 saturated heterocycles. The van der Waals surface area contributed by atoms with E-state index < -0.39 is 0 Å². The SMILES string of the molecule is CCOc1cccc(/C=N\NC(=O)CSc2nnc(-c3ccc(OC)cc3)n2-c2ccccc2)c1O. The average Bonchev–Trinajstić information content (AvgIpc) is 3.34. The maximum absolute atomic E-state index is 12.5. The first-order valence-electron chi connectivity index (χ1n) is 11.2. The van der Waals surface area contributed by atoms with E-state index in [4.69, 9.17) is 9.47 Å². The Morgan fingerprint density at radius 2 is 1.86 bits per heavy atom. The van der Waals surface area contributed by atoms with Crippen molar-refractivity contribution in [1.29, 1.82) is 0 Å². The van der Waals surface area contributed by atoms with Gasteiger partial charge in [0.15, 0.2) is 22.5 Å². The molecule has 0 radical (unpaired) electrons. The Morgan fingerprint density at radius 1 is 1.08 bits per heavy atom. The van der Waals surface area contributed by atoms with Crippen molar-refractivity contribution in [2.24, 2.45) is 5.10 Å². The fourth-order valence-corrected chi connectivity index (χ4v) is 4.10. The lowest BCUT2D eigenvalue weighted by Gasteiger charge is -2.10. The summed E-state index contributed by atoms with van der Waals surface area (Å²) in [6.45, 7) is 2.26. The Bertz CT molecular complexity index is 1340. The molecule has 1 amide bonds.